The van der Waals surface area contributed by atoms with Gasteiger partial charge >= 0.3 is 5.97 Å². The average molecular weight is 1040 g/mol. The van der Waals surface area contributed by atoms with E-state index in [4.69, 9.17) is 13.8 Å². The Morgan fingerprint density at radius 3 is 1.18 bits per heavy atom. The van der Waals surface area contributed by atoms with Crippen molar-refractivity contribution in [1.29, 1.82) is 0 Å². The Kier molecular flexibility index (Phi) is 51.8. The van der Waals surface area contributed by atoms with Gasteiger partial charge in [0.2, 0.25) is 5.91 Å². The molecule has 3 unspecified atom stereocenters. The van der Waals surface area contributed by atoms with Crippen LogP contribution in [-0.4, -0.2) is 69.4 Å². The molecule has 426 valence electrons. The maximum absolute atomic E-state index is 13.5. The first-order valence-electron chi connectivity index (χ1n) is 31.1. The summed E-state index contributed by atoms with van der Waals surface area (Å²) in [5.74, 6) is -0.527. The van der Waals surface area contributed by atoms with E-state index in [-0.39, 0.29) is 31.5 Å². The van der Waals surface area contributed by atoms with Crippen molar-refractivity contribution in [3.63, 3.8) is 0 Å². The van der Waals surface area contributed by atoms with Crippen molar-refractivity contribution >= 4 is 19.7 Å². The van der Waals surface area contributed by atoms with Crippen molar-refractivity contribution in [3.05, 3.63) is 24.3 Å². The van der Waals surface area contributed by atoms with Gasteiger partial charge in [0.25, 0.3) is 7.82 Å². The van der Waals surface area contributed by atoms with Crippen LogP contribution in [0.4, 0.5) is 0 Å². The number of ether oxygens (including phenoxy) is 1. The number of carbonyl (C=O) groups excluding carboxylic acids is 2. The molecule has 0 aromatic carbocycles. The Bertz CT molecular complexity index is 1290. The summed E-state index contributed by atoms with van der Waals surface area (Å²) < 4.78 is 30.3. The van der Waals surface area contributed by atoms with E-state index in [2.05, 4.69) is 38.2 Å². The zero-order valence-electron chi connectivity index (χ0n) is 48.7. The highest BCUT2D eigenvalue weighted by atomic mass is 31.2. The second-order valence-electron chi connectivity index (χ2n) is 22.6. The Morgan fingerprint density at radius 1 is 0.472 bits per heavy atom. The highest BCUT2D eigenvalue weighted by Gasteiger charge is 2.27. The average Bonchev–Trinajstić information content (AvgIpc) is 3.34. The van der Waals surface area contributed by atoms with Crippen LogP contribution in [0.3, 0.4) is 0 Å². The Balaban J connectivity index is 5.22. The summed E-state index contributed by atoms with van der Waals surface area (Å²) in [5.41, 5.74) is 0. The van der Waals surface area contributed by atoms with Gasteiger partial charge in [-0.2, -0.15) is 0 Å². The Labute approximate surface area is 447 Å². The SMILES string of the molecule is CCCCCCCC/C=C/CCCCCCCCCCCC(=O)NC(COP(=O)([O-])OCC[N+](C)(C)C)C(/C=C/CCCCCCCCCCCC)OC(=O)CCCCCCCCCCCCCCCCC. The van der Waals surface area contributed by atoms with Gasteiger partial charge in [0.1, 0.15) is 19.3 Å². The second kappa shape index (κ2) is 52.9. The molecule has 0 aliphatic carbocycles. The number of allylic oxidation sites excluding steroid dienone is 3. The van der Waals surface area contributed by atoms with Gasteiger partial charge < -0.3 is 28.5 Å². The summed E-state index contributed by atoms with van der Waals surface area (Å²) in [4.78, 5) is 39.9. The van der Waals surface area contributed by atoms with Gasteiger partial charge in [-0.05, 0) is 57.4 Å². The lowest BCUT2D eigenvalue weighted by molar-refractivity contribution is -0.870. The molecule has 0 aromatic rings. The third kappa shape index (κ3) is 53.3. The molecule has 0 heterocycles. The van der Waals surface area contributed by atoms with Crippen LogP contribution in [0.2, 0.25) is 0 Å². The fourth-order valence-corrected chi connectivity index (χ4v) is 10.0. The number of rotatable bonds is 57. The molecule has 0 saturated carbocycles. The first kappa shape index (κ1) is 70.5. The van der Waals surface area contributed by atoms with Crippen molar-refractivity contribution in [3.8, 4) is 0 Å². The maximum Gasteiger partial charge on any atom is 0.306 e. The standard InChI is InChI=1S/C62H121N2O7P/c1-7-10-13-16-19-22-25-28-30-31-32-33-35-36-39-42-45-48-51-54-61(65)63-59(58-70-72(67,68)69-57-56-64(4,5)6)60(53-50-47-44-41-38-27-24-21-18-15-12-9-3)71-62(66)55-52-49-46-43-40-37-34-29-26-23-20-17-14-11-8-2/h28,30,50,53,59-60H,7-27,29,31-49,51-52,54-58H2,1-6H3,(H-,63,65,67,68)/b30-28+,53-50+. The zero-order valence-corrected chi connectivity index (χ0v) is 49.6. The van der Waals surface area contributed by atoms with E-state index in [1.54, 1.807) is 0 Å². The van der Waals surface area contributed by atoms with Crippen LogP contribution >= 0.6 is 7.82 Å². The van der Waals surface area contributed by atoms with E-state index in [9.17, 15) is 19.0 Å². The predicted molar refractivity (Wildman–Crippen MR) is 307 cm³/mol. The number of phosphoric acid groups is 1. The lowest BCUT2D eigenvalue weighted by Gasteiger charge is -2.30. The minimum Gasteiger partial charge on any atom is -0.756 e. The van der Waals surface area contributed by atoms with Gasteiger partial charge in [-0.1, -0.05) is 264 Å². The molecule has 72 heavy (non-hydrogen) atoms. The molecule has 0 aromatic heterocycles. The number of unbranched alkanes of at least 4 members (excludes halogenated alkanes) is 39. The molecular weight excluding hydrogens is 916 g/mol. The van der Waals surface area contributed by atoms with Crippen molar-refractivity contribution < 1.29 is 37.3 Å². The Hall–Kier alpha value is -1.51. The largest absolute Gasteiger partial charge is 0.756 e. The van der Waals surface area contributed by atoms with Crippen molar-refractivity contribution in [2.45, 2.75) is 322 Å². The van der Waals surface area contributed by atoms with Gasteiger partial charge in [0, 0.05) is 12.8 Å². The van der Waals surface area contributed by atoms with Crippen LogP contribution in [0, 0.1) is 0 Å². The van der Waals surface area contributed by atoms with Gasteiger partial charge in [0.15, 0.2) is 0 Å². The van der Waals surface area contributed by atoms with Crippen molar-refractivity contribution in [1.82, 2.24) is 5.32 Å². The molecule has 9 nitrogen and oxygen atoms in total. The number of carbonyl (C=O) groups is 2. The summed E-state index contributed by atoms with van der Waals surface area (Å²) in [6.45, 7) is 6.88. The predicted octanol–water partition coefficient (Wildman–Crippen LogP) is 18.3. The monoisotopic (exact) mass is 1040 g/mol. The molecule has 10 heteroatoms. The number of nitrogens with zero attached hydrogens (tertiary/aromatic N) is 1. The molecule has 0 radical (unpaired) electrons. The molecule has 0 rings (SSSR count). The number of phosphoric ester groups is 1. The quantitative estimate of drug-likeness (QED) is 0.0212. The first-order chi connectivity index (χ1) is 34.9. The number of hydrogen-bond acceptors (Lipinski definition) is 7. The summed E-state index contributed by atoms with van der Waals surface area (Å²) in [6.07, 6.45) is 61.3. The van der Waals surface area contributed by atoms with Crippen molar-refractivity contribution in [2.75, 3.05) is 40.9 Å². The number of likely N-dealkylation sites (N-methyl/N-ethyl adjacent to an activating group) is 1. The lowest BCUT2D eigenvalue weighted by Crippen LogP contribution is -2.47. The fourth-order valence-electron chi connectivity index (χ4n) is 9.28. The van der Waals surface area contributed by atoms with Gasteiger partial charge in [0.05, 0.1) is 33.8 Å². The third-order valence-electron chi connectivity index (χ3n) is 14.1. The van der Waals surface area contributed by atoms with E-state index >= 15 is 0 Å². The first-order valence-corrected chi connectivity index (χ1v) is 32.6. The van der Waals surface area contributed by atoms with Gasteiger partial charge in [-0.25, -0.2) is 0 Å². The van der Waals surface area contributed by atoms with E-state index in [0.717, 1.165) is 57.8 Å². The minimum absolute atomic E-state index is 0.0191. The fraction of sp³-hybridized carbons (Fsp3) is 0.903. The molecular formula is C62H121N2O7P. The minimum atomic E-state index is -4.69. The summed E-state index contributed by atoms with van der Waals surface area (Å²) >= 11 is 0. The maximum atomic E-state index is 13.5. The second-order valence-corrected chi connectivity index (χ2v) is 24.0. The molecule has 1 N–H and O–H groups in total. The number of esters is 1. The smallest absolute Gasteiger partial charge is 0.306 e. The molecule has 0 bridgehead atoms. The summed E-state index contributed by atoms with van der Waals surface area (Å²) in [5, 5.41) is 3.03. The number of amides is 1. The molecule has 0 fully saturated rings. The Morgan fingerprint density at radius 2 is 0.806 bits per heavy atom. The zero-order chi connectivity index (χ0) is 52.9. The molecule has 3 atom stereocenters. The molecule has 0 saturated heterocycles. The van der Waals surface area contributed by atoms with E-state index < -0.39 is 20.0 Å². The van der Waals surface area contributed by atoms with Crippen LogP contribution in [-0.2, 0) is 27.9 Å². The normalized spacial score (nSPS) is 13.8. The molecule has 1 amide bonds. The van der Waals surface area contributed by atoms with Crippen LogP contribution in [0.25, 0.3) is 0 Å². The van der Waals surface area contributed by atoms with Crippen LogP contribution < -0.4 is 10.2 Å². The van der Waals surface area contributed by atoms with Gasteiger partial charge in [-0.15, -0.1) is 0 Å². The topological polar surface area (TPSA) is 114 Å². The molecule has 0 spiro atoms. The van der Waals surface area contributed by atoms with Crippen LogP contribution in [0.5, 0.6) is 0 Å². The van der Waals surface area contributed by atoms with Gasteiger partial charge in [-0.3, -0.25) is 14.2 Å². The number of hydrogen-bond donors (Lipinski definition) is 1. The highest BCUT2D eigenvalue weighted by molar-refractivity contribution is 7.45. The number of nitrogens with one attached hydrogen (secondary N) is 1. The highest BCUT2D eigenvalue weighted by Crippen LogP contribution is 2.38. The summed E-state index contributed by atoms with van der Waals surface area (Å²) in [6, 6.07) is -0.883. The lowest BCUT2D eigenvalue weighted by atomic mass is 10.0. The summed E-state index contributed by atoms with van der Waals surface area (Å²) in [7, 11) is 1.20. The van der Waals surface area contributed by atoms with E-state index in [1.807, 2.05) is 33.3 Å². The number of quaternary nitrogens is 1. The van der Waals surface area contributed by atoms with Crippen molar-refractivity contribution in [2.24, 2.45) is 0 Å². The van der Waals surface area contributed by atoms with E-state index in [0.29, 0.717) is 17.4 Å². The van der Waals surface area contributed by atoms with E-state index in [1.165, 1.54) is 218 Å². The molecule has 0 aliphatic rings. The van der Waals surface area contributed by atoms with Crippen LogP contribution in [0.1, 0.15) is 310 Å². The third-order valence-corrected chi connectivity index (χ3v) is 15.1. The van der Waals surface area contributed by atoms with Crippen LogP contribution in [0.15, 0.2) is 24.3 Å². The molecule has 0 aliphatic heterocycles.